The predicted octanol–water partition coefficient (Wildman–Crippen LogP) is 4.16. The molecule has 145 valence electrons. The van der Waals surface area contributed by atoms with Crippen molar-refractivity contribution in [1.29, 1.82) is 0 Å². The summed E-state index contributed by atoms with van der Waals surface area (Å²) in [6.07, 6.45) is -0.221. The normalized spacial score (nSPS) is 13.6. The number of benzene rings is 1. The molecule has 0 unspecified atom stereocenters. The number of hydrogen-bond acceptors (Lipinski definition) is 4. The van der Waals surface area contributed by atoms with Gasteiger partial charge in [0.05, 0.1) is 0 Å². The molecule has 0 spiro atoms. The van der Waals surface area contributed by atoms with Crippen molar-refractivity contribution in [2.24, 2.45) is 0 Å². The summed E-state index contributed by atoms with van der Waals surface area (Å²) in [6.45, 7) is 0. The smallest absolute Gasteiger partial charge is 0.477 e. The number of pyridine rings is 1. The zero-order valence-corrected chi connectivity index (χ0v) is 17.3. The number of nitrogens with zero attached hydrogens (tertiary/aromatic N) is 3. The number of carboxylic acids is 1. The summed E-state index contributed by atoms with van der Waals surface area (Å²) in [5, 5.41) is 9.80. The number of halogens is 3. The van der Waals surface area contributed by atoms with Crippen molar-refractivity contribution >= 4 is 35.5 Å². The van der Waals surface area contributed by atoms with Crippen LogP contribution in [0.4, 0.5) is 13.2 Å². The van der Waals surface area contributed by atoms with Gasteiger partial charge in [-0.25, -0.2) is 9.78 Å². The molecule has 29 heavy (non-hydrogen) atoms. The Balaban J connectivity index is 0.00000240. The molecule has 1 N–H and O–H groups in total. The quantitative estimate of drug-likeness (QED) is 0.637. The summed E-state index contributed by atoms with van der Waals surface area (Å²) < 4.78 is 43.2. The van der Waals surface area contributed by atoms with Gasteiger partial charge >= 0.3 is 12.3 Å². The van der Waals surface area contributed by atoms with Crippen molar-refractivity contribution in [3.63, 3.8) is 0 Å². The number of aromatic carboxylic acids is 1. The number of imidazole rings is 1. The van der Waals surface area contributed by atoms with Crippen LogP contribution < -0.4 is 4.74 Å². The molecule has 1 radical (unpaired) electrons. The molecule has 1 aromatic carbocycles. The molecule has 1 saturated carbocycles. The van der Waals surface area contributed by atoms with E-state index < -0.39 is 18.1 Å². The number of rotatable bonds is 5. The van der Waals surface area contributed by atoms with Gasteiger partial charge in [-0.1, -0.05) is 12.1 Å². The minimum Gasteiger partial charge on any atom is -0.477 e. The molecule has 6 nitrogen and oxygen atoms in total. The number of carbonyl (C=O) groups is 1. The van der Waals surface area contributed by atoms with E-state index in [4.69, 9.17) is 0 Å². The van der Waals surface area contributed by atoms with Gasteiger partial charge in [-0.2, -0.15) is 0 Å². The fourth-order valence-corrected chi connectivity index (χ4v) is 3.07. The van der Waals surface area contributed by atoms with Gasteiger partial charge in [-0.15, -0.1) is 13.2 Å². The Labute approximate surface area is 185 Å². The second-order valence-corrected chi connectivity index (χ2v) is 6.36. The van der Waals surface area contributed by atoms with Crippen LogP contribution in [0.3, 0.4) is 0 Å². The summed E-state index contributed by atoms with van der Waals surface area (Å²) in [5.41, 5.74) is 1.08. The Hall–Kier alpha value is -2.36. The van der Waals surface area contributed by atoms with E-state index in [1.54, 1.807) is 29.0 Å². The summed E-state index contributed by atoms with van der Waals surface area (Å²) in [5.74, 6) is -1.27. The first-order valence-electron chi connectivity index (χ1n) is 8.45. The first-order chi connectivity index (χ1) is 13.3. The Bertz CT molecular complexity index is 1030. The second-order valence-electron chi connectivity index (χ2n) is 6.36. The van der Waals surface area contributed by atoms with E-state index in [2.05, 4.69) is 14.7 Å². The van der Waals surface area contributed by atoms with Crippen molar-refractivity contribution in [1.82, 2.24) is 14.5 Å². The third-order valence-electron chi connectivity index (χ3n) is 4.29. The van der Waals surface area contributed by atoms with E-state index in [9.17, 15) is 23.1 Å². The zero-order valence-electron chi connectivity index (χ0n) is 15.3. The van der Waals surface area contributed by atoms with Crippen LogP contribution in [0, 0.1) is 0 Å². The van der Waals surface area contributed by atoms with E-state index in [1.807, 2.05) is 0 Å². The first-order valence-corrected chi connectivity index (χ1v) is 8.45. The van der Waals surface area contributed by atoms with Gasteiger partial charge in [0.15, 0.2) is 5.69 Å². The fraction of sp³-hybridized carbons (Fsp3) is 0.211. The van der Waals surface area contributed by atoms with Crippen LogP contribution in [0.15, 0.2) is 48.8 Å². The molecule has 2 aromatic heterocycles. The van der Waals surface area contributed by atoms with Crippen LogP contribution in [-0.4, -0.2) is 61.5 Å². The van der Waals surface area contributed by atoms with Crippen LogP contribution in [0.25, 0.3) is 22.6 Å². The maximum Gasteiger partial charge on any atom is 0.573 e. The SMILES string of the molecule is O=C(O)c1c(-c2cccnc2)nc(-c2cccc(OC(F)(F)F)c2)n1C1CC1.[Na]. The van der Waals surface area contributed by atoms with Crippen LogP contribution >= 0.6 is 0 Å². The van der Waals surface area contributed by atoms with Gasteiger partial charge in [0.2, 0.25) is 0 Å². The molecule has 2 heterocycles. The van der Waals surface area contributed by atoms with Crippen LogP contribution in [-0.2, 0) is 0 Å². The standard InChI is InChI=1S/C19H14F3N3O3.Na/c20-19(21,22)28-14-5-1-3-11(9-14)17-24-15(12-4-2-8-23-10-12)16(18(26)27)25(17)13-6-7-13;/h1-5,8-10,13H,6-7H2,(H,26,27);. The largest absolute Gasteiger partial charge is 0.573 e. The van der Waals surface area contributed by atoms with Crippen molar-refractivity contribution < 1.29 is 27.8 Å². The van der Waals surface area contributed by atoms with Crippen LogP contribution in [0.5, 0.6) is 5.75 Å². The Morgan fingerprint density at radius 1 is 1.17 bits per heavy atom. The van der Waals surface area contributed by atoms with E-state index in [0.717, 1.165) is 12.8 Å². The molecule has 0 amide bonds. The van der Waals surface area contributed by atoms with Crippen molar-refractivity contribution in [2.75, 3.05) is 0 Å². The Kier molecular flexibility index (Phi) is 6.02. The third-order valence-corrected chi connectivity index (χ3v) is 4.29. The van der Waals surface area contributed by atoms with Gasteiger partial charge < -0.3 is 14.4 Å². The monoisotopic (exact) mass is 412 g/mol. The third kappa shape index (κ3) is 4.63. The fourth-order valence-electron chi connectivity index (χ4n) is 3.07. The minimum atomic E-state index is -4.82. The number of alkyl halides is 3. The average molecular weight is 412 g/mol. The van der Waals surface area contributed by atoms with Gasteiger partial charge in [0.25, 0.3) is 0 Å². The van der Waals surface area contributed by atoms with Crippen molar-refractivity contribution in [2.45, 2.75) is 25.2 Å². The predicted molar refractivity (Wildman–Crippen MR) is 98.6 cm³/mol. The minimum absolute atomic E-state index is 0. The summed E-state index contributed by atoms with van der Waals surface area (Å²) >= 11 is 0. The Morgan fingerprint density at radius 3 is 2.48 bits per heavy atom. The van der Waals surface area contributed by atoms with Crippen LogP contribution in [0.1, 0.15) is 29.4 Å². The van der Waals surface area contributed by atoms with E-state index in [0.29, 0.717) is 11.1 Å². The molecular weight excluding hydrogens is 398 g/mol. The van der Waals surface area contributed by atoms with Gasteiger partial charge in [0, 0.05) is 59.1 Å². The van der Waals surface area contributed by atoms with Gasteiger partial charge in [0.1, 0.15) is 17.3 Å². The summed E-state index contributed by atoms with van der Waals surface area (Å²) in [4.78, 5) is 20.5. The van der Waals surface area contributed by atoms with E-state index in [-0.39, 0.29) is 52.8 Å². The summed E-state index contributed by atoms with van der Waals surface area (Å²) in [7, 11) is 0. The molecule has 0 bridgehead atoms. The topological polar surface area (TPSA) is 77.2 Å². The molecular formula is C19H14F3N3NaO3. The molecule has 3 aromatic rings. The summed E-state index contributed by atoms with van der Waals surface area (Å²) in [6, 6.07) is 8.65. The molecule has 1 fully saturated rings. The number of carboxylic acid groups (broad SMARTS) is 1. The molecule has 0 atom stereocenters. The average Bonchev–Trinajstić information content (AvgIpc) is 3.40. The maximum absolute atomic E-state index is 12.6. The number of aromatic nitrogens is 3. The second kappa shape index (κ2) is 8.17. The molecule has 10 heteroatoms. The molecule has 0 aliphatic heterocycles. The first kappa shape index (κ1) is 21.4. The number of ether oxygens (including phenoxy) is 1. The van der Waals surface area contributed by atoms with Gasteiger partial charge in [-0.05, 0) is 37.1 Å². The maximum atomic E-state index is 12.6. The molecule has 1 aliphatic rings. The van der Waals surface area contributed by atoms with Crippen molar-refractivity contribution in [3.05, 3.63) is 54.5 Å². The number of hydrogen-bond donors (Lipinski definition) is 1. The molecule has 4 rings (SSSR count). The zero-order chi connectivity index (χ0) is 19.9. The van der Waals surface area contributed by atoms with E-state index >= 15 is 0 Å². The molecule has 1 aliphatic carbocycles. The Morgan fingerprint density at radius 2 is 1.90 bits per heavy atom. The van der Waals surface area contributed by atoms with Crippen LogP contribution in [0.2, 0.25) is 0 Å². The van der Waals surface area contributed by atoms with Gasteiger partial charge in [-0.3, -0.25) is 4.98 Å². The molecule has 0 saturated heterocycles. The van der Waals surface area contributed by atoms with E-state index in [1.165, 1.54) is 24.4 Å². The van der Waals surface area contributed by atoms with Crippen molar-refractivity contribution in [3.8, 4) is 28.4 Å².